The average Bonchev–Trinajstić information content (AvgIpc) is 2.36. The molecular weight excluding hydrogens is 218 g/mol. The molecule has 1 rings (SSSR count). The topological polar surface area (TPSA) is 84.2 Å². The Bertz CT molecular complexity index is 379. The fourth-order valence-corrected chi connectivity index (χ4v) is 1.35. The minimum absolute atomic E-state index is 0.202. The molecule has 2 amide bonds. The molecule has 1 aromatic carbocycles. The lowest BCUT2D eigenvalue weighted by atomic mass is 10.1. The van der Waals surface area contributed by atoms with Gasteiger partial charge in [0.15, 0.2) is 0 Å². The second-order valence-electron chi connectivity index (χ2n) is 3.65. The molecule has 92 valence electrons. The van der Waals surface area contributed by atoms with Crippen LogP contribution >= 0.6 is 0 Å². The van der Waals surface area contributed by atoms with E-state index in [1.807, 2.05) is 37.3 Å². The zero-order valence-corrected chi connectivity index (χ0v) is 9.77. The van der Waals surface area contributed by atoms with Gasteiger partial charge in [-0.3, -0.25) is 9.59 Å². The number of benzene rings is 1. The number of nitrogens with two attached hydrogens (primary N) is 1. The molecule has 0 unspecified atom stereocenters. The highest BCUT2D eigenvalue weighted by atomic mass is 16.2. The van der Waals surface area contributed by atoms with E-state index in [4.69, 9.17) is 5.73 Å². The molecule has 0 spiro atoms. The van der Waals surface area contributed by atoms with Crippen LogP contribution in [0.15, 0.2) is 30.3 Å². The maximum atomic E-state index is 11.5. The molecule has 0 bridgehead atoms. The molecule has 0 saturated carbocycles. The third-order valence-corrected chi connectivity index (χ3v) is 2.28. The smallest absolute Gasteiger partial charge is 0.309 e. The summed E-state index contributed by atoms with van der Waals surface area (Å²) in [5.41, 5.74) is 6.17. The summed E-state index contributed by atoms with van der Waals surface area (Å²) in [6, 6.07) is 9.24. The molecule has 0 saturated heterocycles. The minimum atomic E-state index is -0.654. The van der Waals surface area contributed by atoms with Crippen molar-refractivity contribution in [3.05, 3.63) is 35.9 Å². The van der Waals surface area contributed by atoms with Gasteiger partial charge in [-0.15, -0.1) is 0 Å². The summed E-state index contributed by atoms with van der Waals surface area (Å²) in [6.07, 6.45) is 0. The van der Waals surface area contributed by atoms with Crippen LogP contribution in [0.25, 0.3) is 0 Å². The quantitative estimate of drug-likeness (QED) is 0.639. The zero-order valence-electron chi connectivity index (χ0n) is 9.77. The molecule has 0 heterocycles. The van der Waals surface area contributed by atoms with Crippen molar-refractivity contribution in [1.29, 1.82) is 0 Å². The summed E-state index contributed by atoms with van der Waals surface area (Å²) in [7, 11) is 0. The number of hydrogen-bond acceptors (Lipinski definition) is 3. The first kappa shape index (κ1) is 13.2. The van der Waals surface area contributed by atoms with Gasteiger partial charge in [-0.2, -0.15) is 0 Å². The van der Waals surface area contributed by atoms with Gasteiger partial charge in [0.25, 0.3) is 0 Å². The van der Waals surface area contributed by atoms with Gasteiger partial charge in [-0.1, -0.05) is 30.3 Å². The van der Waals surface area contributed by atoms with E-state index in [1.54, 1.807) is 0 Å². The van der Waals surface area contributed by atoms with E-state index in [9.17, 15) is 9.59 Å². The van der Waals surface area contributed by atoms with Gasteiger partial charge in [0.1, 0.15) is 0 Å². The van der Waals surface area contributed by atoms with Crippen LogP contribution in [-0.4, -0.2) is 24.9 Å². The van der Waals surface area contributed by atoms with Crippen LogP contribution < -0.4 is 16.4 Å². The highest BCUT2D eigenvalue weighted by molar-refractivity contribution is 6.35. The fraction of sp³-hybridized carbons (Fsp3) is 0.333. The molecule has 0 fully saturated rings. The molecule has 1 atom stereocenters. The van der Waals surface area contributed by atoms with Gasteiger partial charge in [0.05, 0.1) is 6.04 Å². The Balaban J connectivity index is 2.49. The molecule has 0 aliphatic rings. The van der Waals surface area contributed by atoms with Gasteiger partial charge in [-0.05, 0) is 12.5 Å². The van der Waals surface area contributed by atoms with Crippen LogP contribution in [-0.2, 0) is 9.59 Å². The van der Waals surface area contributed by atoms with Crippen LogP contribution in [0.1, 0.15) is 18.5 Å². The summed E-state index contributed by atoms with van der Waals surface area (Å²) >= 11 is 0. The van der Waals surface area contributed by atoms with Crippen LogP contribution in [0.4, 0.5) is 0 Å². The SMILES string of the molecule is C[C@H](NC(=O)C(=O)NCCN)c1ccccc1. The Morgan fingerprint density at radius 1 is 1.24 bits per heavy atom. The molecular formula is C12H17N3O2. The van der Waals surface area contributed by atoms with E-state index in [0.29, 0.717) is 13.1 Å². The summed E-state index contributed by atoms with van der Waals surface area (Å²) in [5.74, 6) is -1.30. The van der Waals surface area contributed by atoms with E-state index < -0.39 is 11.8 Å². The Morgan fingerprint density at radius 2 is 1.88 bits per heavy atom. The Labute approximate surface area is 100 Å². The lowest BCUT2D eigenvalue weighted by Gasteiger charge is -2.13. The van der Waals surface area contributed by atoms with Crippen LogP contribution in [0.3, 0.4) is 0 Å². The molecule has 4 N–H and O–H groups in total. The first-order chi connectivity index (χ1) is 8.15. The first-order valence-electron chi connectivity index (χ1n) is 5.49. The Morgan fingerprint density at radius 3 is 2.47 bits per heavy atom. The number of amides is 2. The van der Waals surface area contributed by atoms with Crippen LogP contribution in [0.5, 0.6) is 0 Å². The van der Waals surface area contributed by atoms with E-state index >= 15 is 0 Å². The highest BCUT2D eigenvalue weighted by Crippen LogP contribution is 2.10. The van der Waals surface area contributed by atoms with Gasteiger partial charge in [-0.25, -0.2) is 0 Å². The van der Waals surface area contributed by atoms with Crippen LogP contribution in [0, 0.1) is 0 Å². The molecule has 5 nitrogen and oxygen atoms in total. The third kappa shape index (κ3) is 4.24. The van der Waals surface area contributed by atoms with E-state index in [1.165, 1.54) is 0 Å². The molecule has 1 aromatic rings. The van der Waals surface area contributed by atoms with Crippen molar-refractivity contribution >= 4 is 11.8 Å². The predicted octanol–water partition coefficient (Wildman–Crippen LogP) is -0.0613. The second kappa shape index (κ2) is 6.65. The van der Waals surface area contributed by atoms with Crippen molar-refractivity contribution in [2.24, 2.45) is 5.73 Å². The largest absolute Gasteiger partial charge is 0.347 e. The zero-order chi connectivity index (χ0) is 12.7. The van der Waals surface area contributed by atoms with Crippen molar-refractivity contribution in [3.8, 4) is 0 Å². The number of carbonyl (C=O) groups is 2. The van der Waals surface area contributed by atoms with Gasteiger partial charge < -0.3 is 16.4 Å². The molecule has 0 radical (unpaired) electrons. The lowest BCUT2D eigenvalue weighted by molar-refractivity contribution is -0.139. The standard InChI is InChI=1S/C12H17N3O2/c1-9(10-5-3-2-4-6-10)15-12(17)11(16)14-8-7-13/h2-6,9H,7-8,13H2,1H3,(H,14,16)(H,15,17)/t9-/m0/s1. The Kier molecular flexibility index (Phi) is 5.16. The molecule has 0 aromatic heterocycles. The minimum Gasteiger partial charge on any atom is -0.347 e. The summed E-state index contributed by atoms with van der Waals surface area (Å²) in [4.78, 5) is 22.8. The molecule has 5 heteroatoms. The fourth-order valence-electron chi connectivity index (χ4n) is 1.35. The average molecular weight is 235 g/mol. The maximum absolute atomic E-state index is 11.5. The summed E-state index contributed by atoms with van der Waals surface area (Å²) in [5, 5.41) is 5.03. The number of carbonyl (C=O) groups excluding carboxylic acids is 2. The number of nitrogens with one attached hydrogen (secondary N) is 2. The first-order valence-corrected chi connectivity index (χ1v) is 5.49. The van der Waals surface area contributed by atoms with E-state index in [-0.39, 0.29) is 6.04 Å². The highest BCUT2D eigenvalue weighted by Gasteiger charge is 2.15. The lowest BCUT2D eigenvalue weighted by Crippen LogP contribution is -2.42. The predicted molar refractivity (Wildman–Crippen MR) is 65.1 cm³/mol. The molecule has 0 aliphatic carbocycles. The van der Waals surface area contributed by atoms with Crippen molar-refractivity contribution in [1.82, 2.24) is 10.6 Å². The van der Waals surface area contributed by atoms with Gasteiger partial charge in [0, 0.05) is 13.1 Å². The normalized spacial score (nSPS) is 11.6. The second-order valence-corrected chi connectivity index (χ2v) is 3.65. The molecule has 0 aliphatic heterocycles. The summed E-state index contributed by atoms with van der Waals surface area (Å²) in [6.45, 7) is 2.43. The number of hydrogen-bond donors (Lipinski definition) is 3. The summed E-state index contributed by atoms with van der Waals surface area (Å²) < 4.78 is 0. The van der Waals surface area contributed by atoms with Crippen LogP contribution in [0.2, 0.25) is 0 Å². The Hall–Kier alpha value is -1.88. The maximum Gasteiger partial charge on any atom is 0.309 e. The number of rotatable bonds is 4. The van der Waals surface area contributed by atoms with Crippen molar-refractivity contribution < 1.29 is 9.59 Å². The van der Waals surface area contributed by atoms with E-state index in [0.717, 1.165) is 5.56 Å². The molecule has 17 heavy (non-hydrogen) atoms. The van der Waals surface area contributed by atoms with Crippen molar-refractivity contribution in [2.45, 2.75) is 13.0 Å². The van der Waals surface area contributed by atoms with Crippen molar-refractivity contribution in [3.63, 3.8) is 0 Å². The van der Waals surface area contributed by atoms with Crippen molar-refractivity contribution in [2.75, 3.05) is 13.1 Å². The monoisotopic (exact) mass is 235 g/mol. The van der Waals surface area contributed by atoms with Gasteiger partial charge in [0.2, 0.25) is 0 Å². The van der Waals surface area contributed by atoms with Gasteiger partial charge >= 0.3 is 11.8 Å². The van der Waals surface area contributed by atoms with E-state index in [2.05, 4.69) is 10.6 Å². The third-order valence-electron chi connectivity index (χ3n) is 2.28.